The van der Waals surface area contributed by atoms with Crippen LogP contribution in [0.2, 0.25) is 0 Å². The number of para-hydroxylation sites is 3. The van der Waals surface area contributed by atoms with Crippen molar-refractivity contribution in [1.82, 2.24) is 0 Å². The normalized spacial score (nSPS) is 15.2. The first-order chi connectivity index (χ1) is 19.7. The van der Waals surface area contributed by atoms with E-state index in [9.17, 15) is 0 Å². The van der Waals surface area contributed by atoms with Gasteiger partial charge in [-0.3, -0.25) is 0 Å². The van der Waals surface area contributed by atoms with Crippen molar-refractivity contribution in [3.8, 4) is 11.1 Å². The third-order valence-electron chi connectivity index (χ3n) is 7.46. The summed E-state index contributed by atoms with van der Waals surface area (Å²) in [5.41, 5.74) is 11.6. The van der Waals surface area contributed by atoms with E-state index < -0.39 is 0 Å². The van der Waals surface area contributed by atoms with Gasteiger partial charge in [-0.15, -0.1) is 0 Å². The molecule has 1 aliphatic rings. The molecule has 1 aliphatic heterocycles. The molecule has 0 N–H and O–H groups in total. The van der Waals surface area contributed by atoms with Gasteiger partial charge in [-0.1, -0.05) is 104 Å². The summed E-state index contributed by atoms with van der Waals surface area (Å²) >= 11 is 0. The molecular formula is C38H32N2. The third-order valence-corrected chi connectivity index (χ3v) is 7.46. The van der Waals surface area contributed by atoms with Gasteiger partial charge in [-0.05, 0) is 88.9 Å². The molecule has 0 saturated carbocycles. The van der Waals surface area contributed by atoms with Gasteiger partial charge in [-0.25, -0.2) is 0 Å². The summed E-state index contributed by atoms with van der Waals surface area (Å²) in [6, 6.07) is 47.1. The zero-order valence-corrected chi connectivity index (χ0v) is 22.7. The largest absolute Gasteiger partial charge is 0.345 e. The lowest BCUT2D eigenvalue weighted by Crippen LogP contribution is -2.15. The molecule has 0 radical (unpaired) electrons. The molecule has 5 aromatic carbocycles. The molecule has 0 amide bonds. The van der Waals surface area contributed by atoms with Gasteiger partial charge in [0.1, 0.15) is 0 Å². The summed E-state index contributed by atoms with van der Waals surface area (Å²) in [6.07, 6.45) is 7.48. The fraction of sp³-hybridized carbons (Fsp3) is 0.0526. The first-order valence-corrected chi connectivity index (χ1v) is 13.7. The second-order valence-electron chi connectivity index (χ2n) is 10.0. The minimum Gasteiger partial charge on any atom is -0.345 e. The van der Waals surface area contributed by atoms with Gasteiger partial charge in [-0.2, -0.15) is 0 Å². The van der Waals surface area contributed by atoms with Gasteiger partial charge >= 0.3 is 0 Å². The number of anilines is 4. The Kier molecular flexibility index (Phi) is 7.15. The Bertz CT molecular complexity index is 1680. The Morgan fingerprint density at radius 1 is 0.600 bits per heavy atom. The summed E-state index contributed by atoms with van der Waals surface area (Å²) in [5.74, 6) is 0. The van der Waals surface area contributed by atoms with E-state index in [1.54, 1.807) is 0 Å². The summed E-state index contributed by atoms with van der Waals surface area (Å²) in [4.78, 5) is 4.45. The lowest BCUT2D eigenvalue weighted by atomic mass is 9.97. The molecule has 0 spiro atoms. The highest BCUT2D eigenvalue weighted by atomic mass is 15.1. The van der Waals surface area contributed by atoms with Crippen molar-refractivity contribution < 1.29 is 0 Å². The third kappa shape index (κ3) is 5.25. The van der Waals surface area contributed by atoms with Crippen LogP contribution in [0.5, 0.6) is 0 Å². The van der Waals surface area contributed by atoms with Crippen LogP contribution < -0.4 is 9.80 Å². The van der Waals surface area contributed by atoms with Crippen LogP contribution in [0.25, 0.3) is 16.7 Å². The van der Waals surface area contributed by atoms with Crippen LogP contribution in [-0.4, -0.2) is 7.05 Å². The SMILES string of the molecule is C=C1/C=C\C(c2cccc(-c3ccc(N(C)c4ccccc4)cc3)c2)=C/Cc2ccccc2N1c1ccccc1. The van der Waals surface area contributed by atoms with Crippen LogP contribution in [0.1, 0.15) is 11.1 Å². The molecule has 2 nitrogen and oxygen atoms in total. The fourth-order valence-corrected chi connectivity index (χ4v) is 5.26. The maximum absolute atomic E-state index is 4.46. The second kappa shape index (κ2) is 11.3. The van der Waals surface area contributed by atoms with E-state index in [0.29, 0.717) is 0 Å². The van der Waals surface area contributed by atoms with E-state index in [1.165, 1.54) is 33.5 Å². The van der Waals surface area contributed by atoms with Crippen LogP contribution in [-0.2, 0) is 6.42 Å². The number of fused-ring (bicyclic) bond motifs is 1. The highest BCUT2D eigenvalue weighted by Crippen LogP contribution is 2.35. The lowest BCUT2D eigenvalue weighted by Gasteiger charge is -2.27. The van der Waals surface area contributed by atoms with E-state index in [0.717, 1.165) is 29.2 Å². The van der Waals surface area contributed by atoms with Crippen molar-refractivity contribution in [1.29, 1.82) is 0 Å². The van der Waals surface area contributed by atoms with Gasteiger partial charge in [0.2, 0.25) is 0 Å². The van der Waals surface area contributed by atoms with Crippen LogP contribution in [0.15, 0.2) is 164 Å². The van der Waals surface area contributed by atoms with Gasteiger partial charge in [0.15, 0.2) is 0 Å². The number of benzene rings is 5. The van der Waals surface area contributed by atoms with Crippen LogP contribution in [0, 0.1) is 0 Å². The maximum Gasteiger partial charge on any atom is 0.0496 e. The molecule has 0 bridgehead atoms. The van der Waals surface area contributed by atoms with E-state index >= 15 is 0 Å². The molecule has 40 heavy (non-hydrogen) atoms. The highest BCUT2D eigenvalue weighted by molar-refractivity contribution is 5.81. The Morgan fingerprint density at radius 2 is 1.25 bits per heavy atom. The van der Waals surface area contributed by atoms with Crippen molar-refractivity contribution in [2.75, 3.05) is 16.8 Å². The molecule has 5 aromatic rings. The zero-order chi connectivity index (χ0) is 27.3. The zero-order valence-electron chi connectivity index (χ0n) is 22.7. The summed E-state index contributed by atoms with van der Waals surface area (Å²) in [6.45, 7) is 4.46. The molecule has 194 valence electrons. The van der Waals surface area contributed by atoms with Gasteiger partial charge < -0.3 is 9.80 Å². The van der Waals surface area contributed by atoms with E-state index in [2.05, 4.69) is 163 Å². The second-order valence-corrected chi connectivity index (χ2v) is 10.0. The average Bonchev–Trinajstić information content (AvgIpc) is 3.09. The van der Waals surface area contributed by atoms with Crippen molar-refractivity contribution in [2.45, 2.75) is 6.42 Å². The van der Waals surface area contributed by atoms with Gasteiger partial charge in [0.05, 0.1) is 0 Å². The number of rotatable bonds is 5. The van der Waals surface area contributed by atoms with Crippen LogP contribution in [0.4, 0.5) is 22.7 Å². The van der Waals surface area contributed by atoms with Crippen molar-refractivity contribution in [3.05, 3.63) is 175 Å². The van der Waals surface area contributed by atoms with Crippen LogP contribution >= 0.6 is 0 Å². The minimum absolute atomic E-state index is 0.831. The molecule has 1 heterocycles. The topological polar surface area (TPSA) is 6.48 Å². The van der Waals surface area contributed by atoms with Crippen molar-refractivity contribution in [3.63, 3.8) is 0 Å². The molecule has 6 rings (SSSR count). The monoisotopic (exact) mass is 516 g/mol. The highest BCUT2D eigenvalue weighted by Gasteiger charge is 2.16. The van der Waals surface area contributed by atoms with Crippen LogP contribution in [0.3, 0.4) is 0 Å². The molecule has 0 atom stereocenters. The van der Waals surface area contributed by atoms with Gasteiger partial charge in [0.25, 0.3) is 0 Å². The number of nitrogens with zero attached hydrogens (tertiary/aromatic N) is 2. The van der Waals surface area contributed by atoms with Crippen molar-refractivity contribution in [2.24, 2.45) is 0 Å². The molecule has 2 heteroatoms. The Hall–Kier alpha value is -5.08. The molecule has 0 aromatic heterocycles. The molecular weight excluding hydrogens is 484 g/mol. The first-order valence-electron chi connectivity index (χ1n) is 13.7. The lowest BCUT2D eigenvalue weighted by molar-refractivity contribution is 1.17. The summed E-state index contributed by atoms with van der Waals surface area (Å²) in [5, 5.41) is 0. The predicted molar refractivity (Wildman–Crippen MR) is 171 cm³/mol. The maximum atomic E-state index is 4.46. The van der Waals surface area contributed by atoms with Gasteiger partial charge in [0, 0.05) is 35.5 Å². The minimum atomic E-state index is 0.831. The number of allylic oxidation sites excluding steroid dienone is 4. The predicted octanol–water partition coefficient (Wildman–Crippen LogP) is 9.97. The van der Waals surface area contributed by atoms with E-state index in [1.807, 2.05) is 12.1 Å². The van der Waals surface area contributed by atoms with Crippen molar-refractivity contribution >= 4 is 28.3 Å². The molecule has 0 aliphatic carbocycles. The molecule has 0 unspecified atom stereocenters. The Labute approximate surface area is 237 Å². The van der Waals surface area contributed by atoms with E-state index in [4.69, 9.17) is 0 Å². The van der Waals surface area contributed by atoms with E-state index in [-0.39, 0.29) is 0 Å². The standard InChI is InChI=1S/C38H32N2/c1-29-20-21-30(22-23-32-12-9-10-19-38(32)40(29)37-17-7-4-8-18-37)33-13-11-14-34(28-33)31-24-26-36(27-25-31)39(2)35-15-5-3-6-16-35/h3-22,24-28H,1,23H2,2H3/b21-20-,30-22+. The quantitative estimate of drug-likeness (QED) is 0.229. The number of hydrogen-bond acceptors (Lipinski definition) is 2. The summed E-state index contributed by atoms with van der Waals surface area (Å²) < 4.78 is 0. The smallest absolute Gasteiger partial charge is 0.0496 e. The Morgan fingerprint density at radius 3 is 2.02 bits per heavy atom. The molecule has 0 saturated heterocycles. The fourth-order valence-electron chi connectivity index (χ4n) is 5.26. The number of hydrogen-bond donors (Lipinski definition) is 0. The molecule has 0 fully saturated rings. The average molecular weight is 517 g/mol. The Balaban J connectivity index is 1.31. The summed E-state index contributed by atoms with van der Waals surface area (Å²) in [7, 11) is 2.10. The first kappa shape index (κ1) is 25.2.